The van der Waals surface area contributed by atoms with Gasteiger partial charge < -0.3 is 19.6 Å². The summed E-state index contributed by atoms with van der Waals surface area (Å²) in [6.07, 6.45) is 0.537. The molecule has 0 aliphatic carbocycles. The normalized spacial score (nSPS) is 17.4. The molecule has 0 aromatic heterocycles. The lowest BCUT2D eigenvalue weighted by molar-refractivity contribution is -0.385. The Morgan fingerprint density at radius 1 is 1.22 bits per heavy atom. The van der Waals surface area contributed by atoms with Crippen molar-refractivity contribution in [2.75, 3.05) is 27.2 Å². The minimum Gasteiger partial charge on any atom is -0.497 e. The maximum atomic E-state index is 12.8. The minimum absolute atomic E-state index is 0.115. The van der Waals surface area contributed by atoms with Crippen LogP contribution in [0, 0.1) is 16.0 Å². The molecule has 0 saturated carbocycles. The zero-order valence-electron chi connectivity index (χ0n) is 20.3. The van der Waals surface area contributed by atoms with E-state index in [2.05, 4.69) is 4.99 Å². The van der Waals surface area contributed by atoms with Gasteiger partial charge in [-0.25, -0.2) is 9.79 Å². The highest BCUT2D eigenvalue weighted by atomic mass is 16.6. The van der Waals surface area contributed by atoms with E-state index in [-0.39, 0.29) is 30.3 Å². The second-order valence-electron chi connectivity index (χ2n) is 8.54. The van der Waals surface area contributed by atoms with Gasteiger partial charge in [0.1, 0.15) is 11.7 Å². The van der Waals surface area contributed by atoms with E-state index in [0.717, 1.165) is 5.56 Å². The Labute approximate surface area is 208 Å². The number of hydrogen-bond acceptors (Lipinski definition) is 6. The largest absolute Gasteiger partial charge is 0.497 e. The molecule has 2 aromatic rings. The van der Waals surface area contributed by atoms with Crippen molar-refractivity contribution in [3.63, 3.8) is 0 Å². The van der Waals surface area contributed by atoms with Gasteiger partial charge in [0.05, 0.1) is 24.5 Å². The number of rotatable bonds is 10. The lowest BCUT2D eigenvalue weighted by Crippen LogP contribution is -2.47. The second-order valence-corrected chi connectivity index (χ2v) is 8.54. The molecule has 0 radical (unpaired) electrons. The highest BCUT2D eigenvalue weighted by molar-refractivity contribution is 6.07. The molecule has 3 rings (SSSR count). The molecule has 2 aromatic carbocycles. The molecule has 2 unspecified atom stereocenters. The first-order chi connectivity index (χ1) is 17.1. The molecule has 0 saturated heterocycles. The van der Waals surface area contributed by atoms with E-state index >= 15 is 0 Å². The number of likely N-dealkylation sites (N-methyl/N-ethyl adjacent to an activating group) is 1. The summed E-state index contributed by atoms with van der Waals surface area (Å²) in [4.78, 5) is 55.0. The van der Waals surface area contributed by atoms with Crippen molar-refractivity contribution < 1.29 is 29.2 Å². The third kappa shape index (κ3) is 6.04. The first kappa shape index (κ1) is 26.3. The van der Waals surface area contributed by atoms with Gasteiger partial charge in [-0.2, -0.15) is 0 Å². The zero-order chi connectivity index (χ0) is 26.4. The number of aliphatic carboxylic acids is 1. The molecule has 11 heteroatoms. The van der Waals surface area contributed by atoms with Gasteiger partial charge in [-0.1, -0.05) is 24.3 Å². The van der Waals surface area contributed by atoms with Crippen LogP contribution in [0.15, 0.2) is 53.5 Å². The van der Waals surface area contributed by atoms with Crippen molar-refractivity contribution in [3.8, 4) is 5.75 Å². The maximum Gasteiger partial charge on any atom is 0.344 e. The highest BCUT2D eigenvalue weighted by Crippen LogP contribution is 2.35. The number of carboxylic acids is 1. The molecular weight excluding hydrogens is 468 g/mol. The smallest absolute Gasteiger partial charge is 0.344 e. The van der Waals surface area contributed by atoms with E-state index in [1.807, 2.05) is 6.07 Å². The summed E-state index contributed by atoms with van der Waals surface area (Å²) in [5, 5.41) is 21.2. The third-order valence-corrected chi connectivity index (χ3v) is 6.12. The van der Waals surface area contributed by atoms with Crippen LogP contribution in [0.4, 0.5) is 10.5 Å². The summed E-state index contributed by atoms with van der Waals surface area (Å²) in [5.74, 6) is -1.81. The Morgan fingerprint density at radius 3 is 2.61 bits per heavy atom. The average molecular weight is 497 g/mol. The number of non-ortho nitro benzene ring substituents is 1. The van der Waals surface area contributed by atoms with Gasteiger partial charge in [0.15, 0.2) is 0 Å². The van der Waals surface area contributed by atoms with Gasteiger partial charge in [0.2, 0.25) is 5.91 Å². The number of benzene rings is 2. The topological polar surface area (TPSA) is 143 Å². The summed E-state index contributed by atoms with van der Waals surface area (Å²) in [5.41, 5.74) is 1.07. The standard InChI is InChI=1S/C25H28N4O7/c1-16-22(24(31)32)23(18-8-5-9-19(15-18)29(34)35)28(25(33)26-16)12-6-11-27(2)21(30)14-17-7-4-10-20(13-17)36-3/h4-5,7-10,13,15,22-23H,6,11-12,14H2,1-3H3,(H,31,32). The number of nitrogens with zero attached hydrogens (tertiary/aromatic N) is 4. The van der Waals surface area contributed by atoms with E-state index in [4.69, 9.17) is 4.74 Å². The first-order valence-electron chi connectivity index (χ1n) is 11.3. The number of carbonyl (C=O) groups excluding carboxylic acids is 2. The van der Waals surface area contributed by atoms with Crippen LogP contribution in [0.2, 0.25) is 0 Å². The lowest BCUT2D eigenvalue weighted by Gasteiger charge is -2.38. The van der Waals surface area contributed by atoms with Gasteiger partial charge in [-0.05, 0) is 36.6 Å². The molecular formula is C25H28N4O7. The third-order valence-electron chi connectivity index (χ3n) is 6.12. The van der Waals surface area contributed by atoms with E-state index in [1.54, 1.807) is 43.3 Å². The molecule has 2 atom stereocenters. The fourth-order valence-electron chi connectivity index (χ4n) is 4.25. The first-order valence-corrected chi connectivity index (χ1v) is 11.3. The quantitative estimate of drug-likeness (QED) is 0.393. The summed E-state index contributed by atoms with van der Waals surface area (Å²) in [6, 6.07) is 11.2. The van der Waals surface area contributed by atoms with Gasteiger partial charge >= 0.3 is 12.0 Å². The minimum atomic E-state index is -1.18. The van der Waals surface area contributed by atoms with Crippen molar-refractivity contribution in [2.24, 2.45) is 10.9 Å². The predicted octanol–water partition coefficient (Wildman–Crippen LogP) is 3.33. The van der Waals surface area contributed by atoms with E-state index in [1.165, 1.54) is 30.0 Å². The second kappa shape index (κ2) is 11.4. The summed E-state index contributed by atoms with van der Waals surface area (Å²) < 4.78 is 5.19. The molecule has 1 aliphatic rings. The Balaban J connectivity index is 1.74. The number of nitro groups is 1. The number of aliphatic imine (C=N–C) groups is 1. The number of carboxylic acid groups (broad SMARTS) is 1. The predicted molar refractivity (Wildman–Crippen MR) is 131 cm³/mol. The summed E-state index contributed by atoms with van der Waals surface area (Å²) in [7, 11) is 3.21. The molecule has 1 N–H and O–H groups in total. The van der Waals surface area contributed by atoms with Crippen LogP contribution in [0.25, 0.3) is 0 Å². The monoisotopic (exact) mass is 496 g/mol. The van der Waals surface area contributed by atoms with Gasteiger partial charge in [0, 0.05) is 38.0 Å². The SMILES string of the molecule is COc1cccc(CC(=O)N(C)CCCN2C(=O)N=C(C)C(C(=O)O)C2c2cccc([N+](=O)[O-])c2)c1. The van der Waals surface area contributed by atoms with E-state index < -0.39 is 28.9 Å². The molecule has 0 spiro atoms. The zero-order valence-corrected chi connectivity index (χ0v) is 20.3. The van der Waals surface area contributed by atoms with Gasteiger partial charge in [0.25, 0.3) is 5.69 Å². The lowest BCUT2D eigenvalue weighted by atomic mass is 9.86. The molecule has 1 heterocycles. The van der Waals surface area contributed by atoms with Crippen molar-refractivity contribution >= 4 is 29.3 Å². The summed E-state index contributed by atoms with van der Waals surface area (Å²) in [6.45, 7) is 1.89. The highest BCUT2D eigenvalue weighted by Gasteiger charge is 2.42. The maximum absolute atomic E-state index is 12.8. The van der Waals surface area contributed by atoms with Crippen LogP contribution in [0.1, 0.15) is 30.5 Å². The van der Waals surface area contributed by atoms with Gasteiger partial charge in [-0.15, -0.1) is 0 Å². The number of ether oxygens (including phenoxy) is 1. The van der Waals surface area contributed by atoms with E-state index in [9.17, 15) is 29.6 Å². The van der Waals surface area contributed by atoms with Crippen molar-refractivity contribution in [3.05, 3.63) is 69.8 Å². The Hall–Kier alpha value is -4.28. The van der Waals surface area contributed by atoms with Crippen LogP contribution in [0.5, 0.6) is 5.75 Å². The molecule has 36 heavy (non-hydrogen) atoms. The van der Waals surface area contributed by atoms with Crippen molar-refractivity contribution in [1.29, 1.82) is 0 Å². The molecule has 3 amide bonds. The number of urea groups is 1. The fraction of sp³-hybridized carbons (Fsp3) is 0.360. The summed E-state index contributed by atoms with van der Waals surface area (Å²) >= 11 is 0. The number of carbonyl (C=O) groups is 3. The van der Waals surface area contributed by atoms with Crippen LogP contribution in [-0.2, 0) is 16.0 Å². The average Bonchev–Trinajstić information content (AvgIpc) is 2.84. The molecule has 190 valence electrons. The van der Waals surface area contributed by atoms with Crippen molar-refractivity contribution in [2.45, 2.75) is 25.8 Å². The number of amides is 3. The number of hydrogen-bond donors (Lipinski definition) is 1. The van der Waals surface area contributed by atoms with Gasteiger partial charge in [-0.3, -0.25) is 19.7 Å². The molecule has 0 fully saturated rings. The van der Waals surface area contributed by atoms with Crippen LogP contribution in [0.3, 0.4) is 0 Å². The van der Waals surface area contributed by atoms with Crippen molar-refractivity contribution in [1.82, 2.24) is 9.80 Å². The number of methoxy groups -OCH3 is 1. The number of nitro benzene ring substituents is 1. The molecule has 0 bridgehead atoms. The van der Waals surface area contributed by atoms with Crippen LogP contribution < -0.4 is 4.74 Å². The molecule has 11 nitrogen and oxygen atoms in total. The van der Waals surface area contributed by atoms with E-state index in [0.29, 0.717) is 24.3 Å². The molecule has 1 aliphatic heterocycles. The Morgan fingerprint density at radius 2 is 1.94 bits per heavy atom. The Kier molecular flexibility index (Phi) is 8.36. The van der Waals surface area contributed by atoms with Crippen LogP contribution >= 0.6 is 0 Å². The Bertz CT molecular complexity index is 1200. The fourth-order valence-corrected chi connectivity index (χ4v) is 4.25. The van der Waals surface area contributed by atoms with Crippen LogP contribution in [-0.4, -0.2) is 70.7 Å².